The van der Waals surface area contributed by atoms with E-state index in [2.05, 4.69) is 9.47 Å². The number of ether oxygens (including phenoxy) is 2. The number of aryl methyl sites for hydroxylation is 1. The highest BCUT2D eigenvalue weighted by Gasteiger charge is 2.17. The Morgan fingerprint density at radius 2 is 1.76 bits per heavy atom. The molecule has 0 aliphatic rings. The fourth-order valence-electron chi connectivity index (χ4n) is 1.30. The summed E-state index contributed by atoms with van der Waals surface area (Å²) in [5.41, 5.74) is 1.05. The summed E-state index contributed by atoms with van der Waals surface area (Å²) in [5.74, 6) is -1.65. The largest absolute Gasteiger partial charge is 0.524 e. The number of rotatable bonds is 2. The molecular weight excluding hydrogens is 224 g/mol. The van der Waals surface area contributed by atoms with Crippen molar-refractivity contribution in [3.63, 3.8) is 0 Å². The highest BCUT2D eigenvalue weighted by molar-refractivity contribution is 5.98. The molecule has 0 N–H and O–H groups in total. The summed E-state index contributed by atoms with van der Waals surface area (Å²) in [6, 6.07) is 6.74. The van der Waals surface area contributed by atoms with Gasteiger partial charge in [0.15, 0.2) is 0 Å². The van der Waals surface area contributed by atoms with Crippen LogP contribution in [0.4, 0.5) is 4.79 Å². The normalized spacial score (nSPS) is 9.53. The summed E-state index contributed by atoms with van der Waals surface area (Å²) in [7, 11) is 0. The molecule has 0 unspecified atom stereocenters. The van der Waals surface area contributed by atoms with Crippen molar-refractivity contribution in [2.45, 2.75) is 20.3 Å². The second-order valence-electron chi connectivity index (χ2n) is 3.24. The summed E-state index contributed by atoms with van der Waals surface area (Å²) in [4.78, 5) is 33.0. The van der Waals surface area contributed by atoms with E-state index in [-0.39, 0.29) is 5.56 Å². The predicted octanol–water partition coefficient (Wildman–Crippen LogP) is 2.09. The summed E-state index contributed by atoms with van der Waals surface area (Å²) in [6.45, 7) is 2.92. The second-order valence-corrected chi connectivity index (χ2v) is 3.24. The lowest BCUT2D eigenvalue weighted by Gasteiger charge is -2.05. The second kappa shape index (κ2) is 5.79. The first-order chi connectivity index (χ1) is 8.04. The van der Waals surface area contributed by atoms with Crippen LogP contribution in [0, 0.1) is 0 Å². The topological polar surface area (TPSA) is 69.7 Å². The molecule has 0 saturated carbocycles. The monoisotopic (exact) mass is 236 g/mol. The average molecular weight is 236 g/mol. The zero-order valence-electron chi connectivity index (χ0n) is 9.56. The van der Waals surface area contributed by atoms with Crippen LogP contribution in [0.2, 0.25) is 0 Å². The van der Waals surface area contributed by atoms with Crippen molar-refractivity contribution in [2.75, 3.05) is 0 Å². The molecule has 0 aliphatic carbocycles. The van der Waals surface area contributed by atoms with E-state index in [9.17, 15) is 14.4 Å². The van der Waals surface area contributed by atoms with Gasteiger partial charge in [-0.3, -0.25) is 4.79 Å². The molecule has 0 spiro atoms. The summed E-state index contributed by atoms with van der Waals surface area (Å²) >= 11 is 0. The molecular formula is C12H12O5. The van der Waals surface area contributed by atoms with Crippen LogP contribution in [0.15, 0.2) is 24.3 Å². The van der Waals surface area contributed by atoms with Crippen molar-refractivity contribution >= 4 is 18.1 Å². The fraction of sp³-hybridized carbons (Fsp3) is 0.250. The smallest absolute Gasteiger partial charge is 0.360 e. The van der Waals surface area contributed by atoms with Gasteiger partial charge in [-0.05, 0) is 18.1 Å². The highest BCUT2D eigenvalue weighted by Crippen LogP contribution is 2.11. The van der Waals surface area contributed by atoms with Crippen LogP contribution in [0.5, 0.6) is 0 Å². The zero-order valence-corrected chi connectivity index (χ0v) is 9.56. The van der Waals surface area contributed by atoms with E-state index < -0.39 is 18.1 Å². The average Bonchev–Trinajstić information content (AvgIpc) is 2.27. The van der Waals surface area contributed by atoms with Gasteiger partial charge in [-0.1, -0.05) is 25.1 Å². The first kappa shape index (κ1) is 12.9. The number of hydrogen-bond acceptors (Lipinski definition) is 5. The van der Waals surface area contributed by atoms with Crippen molar-refractivity contribution in [1.82, 2.24) is 0 Å². The van der Waals surface area contributed by atoms with Crippen molar-refractivity contribution in [3.8, 4) is 0 Å². The maximum atomic E-state index is 11.6. The predicted molar refractivity (Wildman–Crippen MR) is 58.4 cm³/mol. The molecule has 0 radical (unpaired) electrons. The van der Waals surface area contributed by atoms with Crippen molar-refractivity contribution in [1.29, 1.82) is 0 Å². The van der Waals surface area contributed by atoms with Crippen LogP contribution in [-0.4, -0.2) is 18.1 Å². The van der Waals surface area contributed by atoms with Gasteiger partial charge in [0, 0.05) is 6.92 Å². The number of hydrogen-bond donors (Lipinski definition) is 0. The lowest BCUT2D eigenvalue weighted by molar-refractivity contribution is -0.136. The van der Waals surface area contributed by atoms with Gasteiger partial charge < -0.3 is 9.47 Å². The minimum Gasteiger partial charge on any atom is -0.360 e. The number of carbonyl (C=O) groups excluding carboxylic acids is 3. The molecule has 0 atom stereocenters. The molecule has 1 aromatic carbocycles. The minimum atomic E-state index is -1.31. The highest BCUT2D eigenvalue weighted by atomic mass is 16.8. The Morgan fingerprint density at radius 3 is 2.35 bits per heavy atom. The van der Waals surface area contributed by atoms with Gasteiger partial charge in [0.2, 0.25) is 0 Å². The first-order valence-corrected chi connectivity index (χ1v) is 5.07. The van der Waals surface area contributed by atoms with Crippen molar-refractivity contribution in [3.05, 3.63) is 35.4 Å². The van der Waals surface area contributed by atoms with Gasteiger partial charge in [0.25, 0.3) is 0 Å². The van der Waals surface area contributed by atoms with Gasteiger partial charge in [-0.25, -0.2) is 9.59 Å². The van der Waals surface area contributed by atoms with Crippen molar-refractivity contribution in [2.24, 2.45) is 0 Å². The van der Waals surface area contributed by atoms with Crippen LogP contribution < -0.4 is 0 Å². The van der Waals surface area contributed by atoms with E-state index in [0.717, 1.165) is 12.5 Å². The molecule has 5 nitrogen and oxygen atoms in total. The molecule has 90 valence electrons. The third-order valence-electron chi connectivity index (χ3n) is 2.02. The van der Waals surface area contributed by atoms with Gasteiger partial charge in [0.05, 0.1) is 5.56 Å². The minimum absolute atomic E-state index is 0.288. The molecule has 0 heterocycles. The number of esters is 2. The van der Waals surface area contributed by atoms with Crippen LogP contribution in [-0.2, 0) is 20.7 Å². The third-order valence-corrected chi connectivity index (χ3v) is 2.02. The van der Waals surface area contributed by atoms with Crippen LogP contribution in [0.1, 0.15) is 29.8 Å². The van der Waals surface area contributed by atoms with Crippen LogP contribution in [0.3, 0.4) is 0 Å². The van der Waals surface area contributed by atoms with E-state index in [1.54, 1.807) is 24.3 Å². The molecule has 17 heavy (non-hydrogen) atoms. The lowest BCUT2D eigenvalue weighted by atomic mass is 10.1. The molecule has 0 fully saturated rings. The maximum Gasteiger partial charge on any atom is 0.524 e. The Labute approximate surface area is 98.3 Å². The van der Waals surface area contributed by atoms with E-state index in [4.69, 9.17) is 0 Å². The number of benzene rings is 1. The van der Waals surface area contributed by atoms with Gasteiger partial charge in [-0.15, -0.1) is 0 Å². The van der Waals surface area contributed by atoms with Gasteiger partial charge >= 0.3 is 18.1 Å². The Morgan fingerprint density at radius 1 is 1.12 bits per heavy atom. The Bertz CT molecular complexity index is 450. The zero-order chi connectivity index (χ0) is 12.8. The Hall–Kier alpha value is -2.17. The molecule has 0 bridgehead atoms. The SMILES string of the molecule is CCc1ccccc1C(=O)OC(=O)OC(C)=O. The summed E-state index contributed by atoms with van der Waals surface area (Å²) < 4.78 is 8.46. The van der Waals surface area contributed by atoms with Crippen molar-refractivity contribution < 1.29 is 23.9 Å². The van der Waals surface area contributed by atoms with E-state index >= 15 is 0 Å². The molecule has 0 saturated heterocycles. The molecule has 5 heteroatoms. The quantitative estimate of drug-likeness (QED) is 0.580. The van der Waals surface area contributed by atoms with Gasteiger partial charge in [-0.2, -0.15) is 0 Å². The van der Waals surface area contributed by atoms with E-state index in [1.165, 1.54) is 0 Å². The molecule has 1 rings (SSSR count). The van der Waals surface area contributed by atoms with E-state index in [1.807, 2.05) is 6.92 Å². The fourth-order valence-corrected chi connectivity index (χ4v) is 1.30. The lowest BCUT2D eigenvalue weighted by Crippen LogP contribution is -2.17. The van der Waals surface area contributed by atoms with E-state index in [0.29, 0.717) is 6.42 Å². The summed E-state index contributed by atoms with van der Waals surface area (Å²) in [6.07, 6.45) is -0.680. The maximum absolute atomic E-state index is 11.6. The molecule has 0 aliphatic heterocycles. The summed E-state index contributed by atoms with van der Waals surface area (Å²) in [5, 5.41) is 0. The molecule has 0 amide bonds. The number of carbonyl (C=O) groups is 3. The van der Waals surface area contributed by atoms with Gasteiger partial charge in [0.1, 0.15) is 0 Å². The standard InChI is InChI=1S/C12H12O5/c1-3-9-6-4-5-7-10(9)11(14)17-12(15)16-8(2)13/h4-7H,3H2,1-2H3. The first-order valence-electron chi connectivity index (χ1n) is 5.07. The van der Waals surface area contributed by atoms with Crippen LogP contribution in [0.25, 0.3) is 0 Å². The Kier molecular flexibility index (Phi) is 4.39. The Balaban J connectivity index is 2.76. The molecule has 0 aromatic heterocycles. The molecule has 1 aromatic rings. The third kappa shape index (κ3) is 3.71. The van der Waals surface area contributed by atoms with Crippen LogP contribution >= 0.6 is 0 Å².